The predicted molar refractivity (Wildman–Crippen MR) is 143 cm³/mol. The SMILES string of the molecule is COc1ccc2c(c1)C(=O)N(C[C@@]1(C3Cc4cnccc4O3)NC(=O)N(C(C)OC(=O)N3CCN(C)CC3)C1=O)C2. The van der Waals surface area contributed by atoms with Gasteiger partial charge in [0.2, 0.25) is 0 Å². The third-order valence-corrected chi connectivity index (χ3v) is 8.26. The second kappa shape index (κ2) is 10.2. The minimum Gasteiger partial charge on any atom is -0.497 e. The number of rotatable bonds is 6. The molecule has 1 aromatic heterocycles. The number of amides is 5. The van der Waals surface area contributed by atoms with Crippen LogP contribution in [0.15, 0.2) is 36.7 Å². The molecule has 5 amide bonds. The van der Waals surface area contributed by atoms with Crippen molar-refractivity contribution in [1.29, 1.82) is 0 Å². The Kier molecular flexibility index (Phi) is 6.68. The number of carbonyl (C=O) groups is 4. The van der Waals surface area contributed by atoms with Gasteiger partial charge in [-0.2, -0.15) is 0 Å². The van der Waals surface area contributed by atoms with Crippen LogP contribution in [0.5, 0.6) is 11.5 Å². The van der Waals surface area contributed by atoms with Crippen molar-refractivity contribution in [2.45, 2.75) is 37.8 Å². The van der Waals surface area contributed by atoms with Gasteiger partial charge in [-0.05, 0) is 37.7 Å². The van der Waals surface area contributed by atoms with Crippen molar-refractivity contribution >= 4 is 23.9 Å². The Balaban J connectivity index is 1.27. The van der Waals surface area contributed by atoms with Gasteiger partial charge in [-0.15, -0.1) is 0 Å². The maximum Gasteiger partial charge on any atom is 0.411 e. The Labute approximate surface area is 236 Å². The van der Waals surface area contributed by atoms with Crippen LogP contribution in [0.3, 0.4) is 0 Å². The summed E-state index contributed by atoms with van der Waals surface area (Å²) < 4.78 is 17.1. The lowest BCUT2D eigenvalue weighted by Gasteiger charge is -2.36. The molecule has 216 valence electrons. The van der Waals surface area contributed by atoms with E-state index in [4.69, 9.17) is 14.2 Å². The number of nitrogens with one attached hydrogen (secondary N) is 1. The smallest absolute Gasteiger partial charge is 0.411 e. The van der Waals surface area contributed by atoms with Crippen LogP contribution < -0.4 is 14.8 Å². The number of imide groups is 1. The van der Waals surface area contributed by atoms with E-state index in [1.54, 1.807) is 35.5 Å². The summed E-state index contributed by atoms with van der Waals surface area (Å²) in [4.78, 5) is 64.3. The molecule has 13 heteroatoms. The molecule has 2 aromatic rings. The molecule has 4 aliphatic rings. The highest BCUT2D eigenvalue weighted by atomic mass is 16.6. The van der Waals surface area contributed by atoms with E-state index >= 15 is 0 Å². The second-order valence-corrected chi connectivity index (χ2v) is 10.8. The van der Waals surface area contributed by atoms with Gasteiger partial charge >= 0.3 is 12.1 Å². The van der Waals surface area contributed by atoms with E-state index in [9.17, 15) is 19.2 Å². The lowest BCUT2D eigenvalue weighted by Crippen LogP contribution is -2.64. The number of fused-ring (bicyclic) bond motifs is 2. The van der Waals surface area contributed by atoms with Crippen molar-refractivity contribution in [3.8, 4) is 11.5 Å². The number of methoxy groups -OCH3 is 1. The molecular weight excluding hydrogens is 532 g/mol. The minimum atomic E-state index is -1.63. The lowest BCUT2D eigenvalue weighted by molar-refractivity contribution is -0.141. The van der Waals surface area contributed by atoms with Crippen molar-refractivity contribution in [2.24, 2.45) is 0 Å². The molecule has 1 N–H and O–H groups in total. The molecule has 0 aliphatic carbocycles. The van der Waals surface area contributed by atoms with E-state index < -0.39 is 35.9 Å². The summed E-state index contributed by atoms with van der Waals surface area (Å²) in [5.41, 5.74) is 0.413. The fourth-order valence-corrected chi connectivity index (χ4v) is 5.88. The largest absolute Gasteiger partial charge is 0.497 e. The van der Waals surface area contributed by atoms with Crippen molar-refractivity contribution in [2.75, 3.05) is 46.9 Å². The van der Waals surface area contributed by atoms with E-state index in [2.05, 4.69) is 15.2 Å². The molecule has 0 bridgehead atoms. The van der Waals surface area contributed by atoms with Gasteiger partial charge in [-0.25, -0.2) is 14.5 Å². The van der Waals surface area contributed by atoms with Crippen molar-refractivity contribution in [3.63, 3.8) is 0 Å². The second-order valence-electron chi connectivity index (χ2n) is 10.8. The highest BCUT2D eigenvalue weighted by Gasteiger charge is 2.61. The van der Waals surface area contributed by atoms with Gasteiger partial charge in [0, 0.05) is 62.7 Å². The maximum absolute atomic E-state index is 14.3. The summed E-state index contributed by atoms with van der Waals surface area (Å²) >= 11 is 0. The number of carbonyl (C=O) groups excluding carboxylic acids is 4. The Morgan fingerprint density at radius 3 is 2.68 bits per heavy atom. The summed E-state index contributed by atoms with van der Waals surface area (Å²) in [6.07, 6.45) is 0.932. The van der Waals surface area contributed by atoms with E-state index in [0.717, 1.165) is 16.0 Å². The molecule has 0 radical (unpaired) electrons. The first-order valence-corrected chi connectivity index (χ1v) is 13.6. The van der Waals surface area contributed by atoms with E-state index in [1.807, 2.05) is 13.1 Å². The first-order valence-electron chi connectivity index (χ1n) is 13.6. The summed E-state index contributed by atoms with van der Waals surface area (Å²) in [6, 6.07) is 6.23. The highest BCUT2D eigenvalue weighted by molar-refractivity contribution is 6.09. The fourth-order valence-electron chi connectivity index (χ4n) is 5.88. The van der Waals surface area contributed by atoms with Gasteiger partial charge in [0.05, 0.1) is 13.7 Å². The third-order valence-electron chi connectivity index (χ3n) is 8.26. The number of benzene rings is 1. The topological polar surface area (TPSA) is 134 Å². The molecule has 0 saturated carbocycles. The standard InChI is InChI=1S/C28H32N6O7/c1-17(40-27(38)32-10-8-31(2)9-11-32)34-25(36)28(30-26(34)37,23-12-19-14-29-7-6-22(19)41-23)16-33-15-18-4-5-20(39-3)13-21(18)24(33)35/h4-7,13-14,17,23H,8-12,15-16H2,1-3H3,(H,30,37)/t17?,23?,28-/m0/s1. The summed E-state index contributed by atoms with van der Waals surface area (Å²) in [6.45, 7) is 3.95. The normalized spacial score (nSPS) is 24.6. The minimum absolute atomic E-state index is 0.144. The summed E-state index contributed by atoms with van der Waals surface area (Å²) in [7, 11) is 3.49. The number of hydrogen-bond donors (Lipinski definition) is 1. The number of likely N-dealkylation sites (N-methyl/N-ethyl adjacent to an activating group) is 1. The number of nitrogens with zero attached hydrogens (tertiary/aromatic N) is 5. The zero-order valence-corrected chi connectivity index (χ0v) is 23.2. The number of aromatic nitrogens is 1. The molecule has 5 heterocycles. The maximum atomic E-state index is 14.3. The Morgan fingerprint density at radius 1 is 1.17 bits per heavy atom. The monoisotopic (exact) mass is 564 g/mol. The summed E-state index contributed by atoms with van der Waals surface area (Å²) in [5.74, 6) is 0.183. The number of urea groups is 1. The van der Waals surface area contributed by atoms with Crippen LogP contribution in [0, 0.1) is 0 Å². The number of pyridine rings is 1. The van der Waals surface area contributed by atoms with E-state index in [1.165, 1.54) is 18.9 Å². The molecule has 1 aromatic carbocycles. The Morgan fingerprint density at radius 2 is 1.95 bits per heavy atom. The van der Waals surface area contributed by atoms with E-state index in [-0.39, 0.29) is 19.0 Å². The van der Waals surface area contributed by atoms with Gasteiger partial charge in [-0.1, -0.05) is 6.07 Å². The van der Waals surface area contributed by atoms with Gasteiger partial charge in [0.1, 0.15) is 17.6 Å². The molecule has 3 atom stereocenters. The summed E-state index contributed by atoms with van der Waals surface area (Å²) in [5, 5.41) is 2.84. The average molecular weight is 565 g/mol. The van der Waals surface area contributed by atoms with Crippen molar-refractivity contribution in [1.82, 2.24) is 29.9 Å². The molecular formula is C28H32N6O7. The molecule has 6 rings (SSSR count). The average Bonchev–Trinajstić information content (AvgIpc) is 3.61. The first-order chi connectivity index (χ1) is 19.7. The zero-order valence-electron chi connectivity index (χ0n) is 23.2. The molecule has 2 fully saturated rings. The van der Waals surface area contributed by atoms with Crippen LogP contribution in [-0.4, -0.2) is 113 Å². The first kappa shape index (κ1) is 26.8. The van der Waals surface area contributed by atoms with Gasteiger partial charge in [-0.3, -0.25) is 14.6 Å². The number of ether oxygens (including phenoxy) is 3. The van der Waals surface area contributed by atoms with Crippen molar-refractivity contribution in [3.05, 3.63) is 53.3 Å². The van der Waals surface area contributed by atoms with Crippen molar-refractivity contribution < 1.29 is 33.4 Å². The van der Waals surface area contributed by atoms with Gasteiger partial charge in [0.25, 0.3) is 11.8 Å². The lowest BCUT2D eigenvalue weighted by atomic mass is 9.88. The third kappa shape index (κ3) is 4.59. The van der Waals surface area contributed by atoms with Crippen LogP contribution in [0.1, 0.15) is 28.4 Å². The number of hydrogen-bond acceptors (Lipinski definition) is 9. The molecule has 0 spiro atoms. The van der Waals surface area contributed by atoms with Gasteiger partial charge < -0.3 is 34.2 Å². The van der Waals surface area contributed by atoms with Crippen LogP contribution in [-0.2, 0) is 22.5 Å². The highest BCUT2D eigenvalue weighted by Crippen LogP contribution is 2.38. The Hall–Kier alpha value is -4.39. The van der Waals surface area contributed by atoms with Gasteiger partial charge in [0.15, 0.2) is 11.8 Å². The quantitative estimate of drug-likeness (QED) is 0.512. The van der Waals surface area contributed by atoms with Crippen LogP contribution in [0.25, 0.3) is 0 Å². The molecule has 4 aliphatic heterocycles. The molecule has 41 heavy (non-hydrogen) atoms. The fraction of sp³-hybridized carbons (Fsp3) is 0.464. The zero-order chi connectivity index (χ0) is 28.9. The number of piperazine rings is 1. The molecule has 2 saturated heterocycles. The van der Waals surface area contributed by atoms with Crippen LogP contribution >= 0.6 is 0 Å². The van der Waals surface area contributed by atoms with Crippen LogP contribution in [0.4, 0.5) is 9.59 Å². The molecule has 13 nitrogen and oxygen atoms in total. The predicted octanol–water partition coefficient (Wildman–Crippen LogP) is 1.07. The Bertz CT molecular complexity index is 1390. The molecule has 2 unspecified atom stereocenters. The van der Waals surface area contributed by atoms with Crippen LogP contribution in [0.2, 0.25) is 0 Å². The van der Waals surface area contributed by atoms with E-state index in [0.29, 0.717) is 49.7 Å².